The molecule has 5 atom stereocenters. The molecule has 3 aliphatic rings. The predicted octanol–water partition coefficient (Wildman–Crippen LogP) is 2.35. The van der Waals surface area contributed by atoms with Crippen LogP contribution >= 0.6 is 0 Å². The van der Waals surface area contributed by atoms with Gasteiger partial charge in [0.15, 0.2) is 6.29 Å². The van der Waals surface area contributed by atoms with Gasteiger partial charge in [-0.15, -0.1) is 0 Å². The van der Waals surface area contributed by atoms with Crippen LogP contribution in [0.3, 0.4) is 0 Å². The van der Waals surface area contributed by atoms with E-state index in [1.807, 2.05) is 18.2 Å². The number of hydrogen-bond donors (Lipinski definition) is 0. The van der Waals surface area contributed by atoms with Gasteiger partial charge in [-0.05, 0) is 18.4 Å². The standard InChI is InChI=1S/C15H18O3/c1-2-4-10(5-3-1)8-16-15-14-11(9-17-15)12-6-7-13(14)18-12/h1-5,11-15H,6-9H2. The van der Waals surface area contributed by atoms with Crippen LogP contribution in [0.4, 0.5) is 0 Å². The summed E-state index contributed by atoms with van der Waals surface area (Å²) in [4.78, 5) is 0. The topological polar surface area (TPSA) is 27.7 Å². The van der Waals surface area contributed by atoms with Crippen LogP contribution < -0.4 is 0 Å². The molecule has 1 aromatic carbocycles. The summed E-state index contributed by atoms with van der Waals surface area (Å²) in [6.45, 7) is 1.44. The number of benzene rings is 1. The van der Waals surface area contributed by atoms with E-state index in [2.05, 4.69) is 12.1 Å². The van der Waals surface area contributed by atoms with E-state index in [0.717, 1.165) is 6.61 Å². The molecule has 3 heteroatoms. The van der Waals surface area contributed by atoms with Gasteiger partial charge in [0, 0.05) is 11.8 Å². The fourth-order valence-corrected chi connectivity index (χ4v) is 3.64. The molecule has 4 rings (SSSR count). The molecule has 0 N–H and O–H groups in total. The van der Waals surface area contributed by atoms with Crippen molar-refractivity contribution < 1.29 is 14.2 Å². The predicted molar refractivity (Wildman–Crippen MR) is 65.8 cm³/mol. The number of fused-ring (bicyclic) bond motifs is 5. The van der Waals surface area contributed by atoms with Gasteiger partial charge in [-0.25, -0.2) is 0 Å². The monoisotopic (exact) mass is 246 g/mol. The molecule has 96 valence electrons. The zero-order valence-corrected chi connectivity index (χ0v) is 10.3. The molecule has 1 aromatic rings. The third-order valence-corrected chi connectivity index (χ3v) is 4.51. The number of hydrogen-bond acceptors (Lipinski definition) is 3. The van der Waals surface area contributed by atoms with Crippen molar-refractivity contribution in [2.45, 2.75) is 37.9 Å². The molecule has 0 saturated carbocycles. The second-order valence-electron chi connectivity index (χ2n) is 5.53. The minimum atomic E-state index is -0.0643. The lowest BCUT2D eigenvalue weighted by Gasteiger charge is -2.23. The number of ether oxygens (including phenoxy) is 3. The SMILES string of the molecule is c1ccc(COC2OCC3C4CCC(O4)C23)cc1. The maximum absolute atomic E-state index is 5.96. The average Bonchev–Trinajstić information content (AvgIpc) is 3.11. The van der Waals surface area contributed by atoms with Crippen LogP contribution in [0.5, 0.6) is 0 Å². The van der Waals surface area contributed by atoms with Crippen molar-refractivity contribution in [2.24, 2.45) is 11.8 Å². The Hall–Kier alpha value is -0.900. The minimum Gasteiger partial charge on any atom is -0.374 e. The molecule has 0 amide bonds. The van der Waals surface area contributed by atoms with Crippen LogP contribution in [0.25, 0.3) is 0 Å². The third kappa shape index (κ3) is 1.69. The third-order valence-electron chi connectivity index (χ3n) is 4.51. The smallest absolute Gasteiger partial charge is 0.163 e. The van der Waals surface area contributed by atoms with Crippen LogP contribution in [0.15, 0.2) is 30.3 Å². The highest BCUT2D eigenvalue weighted by atomic mass is 16.7. The Balaban J connectivity index is 1.41. The Morgan fingerprint density at radius 1 is 1.11 bits per heavy atom. The number of rotatable bonds is 3. The van der Waals surface area contributed by atoms with E-state index >= 15 is 0 Å². The molecule has 3 fully saturated rings. The summed E-state index contributed by atoms with van der Waals surface area (Å²) < 4.78 is 17.7. The molecule has 2 bridgehead atoms. The maximum atomic E-state index is 5.96. The molecular weight excluding hydrogens is 228 g/mol. The zero-order chi connectivity index (χ0) is 11.9. The second kappa shape index (κ2) is 4.34. The maximum Gasteiger partial charge on any atom is 0.163 e. The molecule has 0 radical (unpaired) electrons. The van der Waals surface area contributed by atoms with Gasteiger partial charge in [-0.3, -0.25) is 0 Å². The fourth-order valence-electron chi connectivity index (χ4n) is 3.64. The summed E-state index contributed by atoms with van der Waals surface area (Å²) in [7, 11) is 0. The van der Waals surface area contributed by atoms with E-state index < -0.39 is 0 Å². The van der Waals surface area contributed by atoms with Gasteiger partial charge in [0.05, 0.1) is 25.4 Å². The first-order valence-electron chi connectivity index (χ1n) is 6.84. The lowest BCUT2D eigenvalue weighted by atomic mass is 9.81. The molecule has 18 heavy (non-hydrogen) atoms. The molecule has 0 aromatic heterocycles. The van der Waals surface area contributed by atoms with Crippen LogP contribution in [-0.4, -0.2) is 25.1 Å². The van der Waals surface area contributed by atoms with Gasteiger partial charge < -0.3 is 14.2 Å². The Kier molecular flexibility index (Phi) is 2.64. The highest BCUT2D eigenvalue weighted by molar-refractivity contribution is 5.13. The Bertz CT molecular complexity index is 419. The van der Waals surface area contributed by atoms with Crippen LogP contribution in [0, 0.1) is 11.8 Å². The molecule has 3 nitrogen and oxygen atoms in total. The van der Waals surface area contributed by atoms with E-state index in [0.29, 0.717) is 30.7 Å². The largest absolute Gasteiger partial charge is 0.374 e. The van der Waals surface area contributed by atoms with Gasteiger partial charge in [-0.1, -0.05) is 30.3 Å². The molecule has 5 unspecified atom stereocenters. The highest BCUT2D eigenvalue weighted by Gasteiger charge is 2.56. The van der Waals surface area contributed by atoms with E-state index in [9.17, 15) is 0 Å². The molecule has 3 aliphatic heterocycles. The fraction of sp³-hybridized carbons (Fsp3) is 0.600. The summed E-state index contributed by atoms with van der Waals surface area (Å²) in [6.07, 6.45) is 3.14. The first kappa shape index (κ1) is 11.0. The van der Waals surface area contributed by atoms with Gasteiger partial charge in [-0.2, -0.15) is 0 Å². The molecule has 0 spiro atoms. The zero-order valence-electron chi connectivity index (χ0n) is 10.3. The quantitative estimate of drug-likeness (QED) is 0.819. The van der Waals surface area contributed by atoms with Gasteiger partial charge in [0.25, 0.3) is 0 Å². The summed E-state index contributed by atoms with van der Waals surface area (Å²) in [5.41, 5.74) is 1.20. The van der Waals surface area contributed by atoms with Crippen LogP contribution in [-0.2, 0) is 20.8 Å². The molecule has 0 aliphatic carbocycles. The van der Waals surface area contributed by atoms with Crippen LogP contribution in [0.2, 0.25) is 0 Å². The summed E-state index contributed by atoms with van der Waals surface area (Å²) >= 11 is 0. The van der Waals surface area contributed by atoms with Gasteiger partial charge >= 0.3 is 0 Å². The van der Waals surface area contributed by atoms with Crippen molar-refractivity contribution in [3.63, 3.8) is 0 Å². The Labute approximate surface area is 107 Å². The average molecular weight is 246 g/mol. The van der Waals surface area contributed by atoms with Crippen molar-refractivity contribution in [3.05, 3.63) is 35.9 Å². The van der Waals surface area contributed by atoms with E-state index in [4.69, 9.17) is 14.2 Å². The van der Waals surface area contributed by atoms with Crippen LogP contribution in [0.1, 0.15) is 18.4 Å². The van der Waals surface area contributed by atoms with E-state index in [1.54, 1.807) is 0 Å². The normalized spacial score (nSPS) is 41.2. The molecular formula is C15H18O3. The first-order valence-corrected chi connectivity index (χ1v) is 6.84. The first-order chi connectivity index (χ1) is 8.92. The van der Waals surface area contributed by atoms with Gasteiger partial charge in [0.2, 0.25) is 0 Å². The van der Waals surface area contributed by atoms with Crippen molar-refractivity contribution in [3.8, 4) is 0 Å². The van der Waals surface area contributed by atoms with Crippen molar-refractivity contribution in [1.29, 1.82) is 0 Å². The summed E-state index contributed by atoms with van der Waals surface area (Å²) in [6, 6.07) is 10.3. The van der Waals surface area contributed by atoms with Crippen molar-refractivity contribution >= 4 is 0 Å². The van der Waals surface area contributed by atoms with Crippen molar-refractivity contribution in [1.82, 2.24) is 0 Å². The van der Waals surface area contributed by atoms with Gasteiger partial charge in [0.1, 0.15) is 0 Å². The van der Waals surface area contributed by atoms with E-state index in [-0.39, 0.29) is 6.29 Å². The second-order valence-corrected chi connectivity index (χ2v) is 5.53. The minimum absolute atomic E-state index is 0.0643. The molecule has 3 heterocycles. The summed E-state index contributed by atoms with van der Waals surface area (Å²) in [5, 5.41) is 0. The van der Waals surface area contributed by atoms with Crippen molar-refractivity contribution in [2.75, 3.05) is 6.61 Å². The van der Waals surface area contributed by atoms with E-state index in [1.165, 1.54) is 18.4 Å². The lowest BCUT2D eigenvalue weighted by molar-refractivity contribution is -0.153. The lowest BCUT2D eigenvalue weighted by Crippen LogP contribution is -2.32. The molecule has 3 saturated heterocycles. The Morgan fingerprint density at radius 2 is 1.94 bits per heavy atom. The summed E-state index contributed by atoms with van der Waals surface area (Å²) in [5.74, 6) is 1.04. The Morgan fingerprint density at radius 3 is 2.83 bits per heavy atom. The highest BCUT2D eigenvalue weighted by Crippen LogP contribution is 2.49.